The van der Waals surface area contributed by atoms with Crippen LogP contribution < -0.4 is 5.32 Å². The summed E-state index contributed by atoms with van der Waals surface area (Å²) in [5, 5.41) is 4.30. The van der Waals surface area contributed by atoms with Crippen molar-refractivity contribution >= 4 is 29.0 Å². The van der Waals surface area contributed by atoms with Gasteiger partial charge in [0.15, 0.2) is 0 Å². The van der Waals surface area contributed by atoms with E-state index in [0.717, 1.165) is 6.42 Å². The van der Waals surface area contributed by atoms with Gasteiger partial charge in [-0.15, -0.1) is 0 Å². The van der Waals surface area contributed by atoms with Crippen LogP contribution in [0.3, 0.4) is 0 Å². The van der Waals surface area contributed by atoms with E-state index in [4.69, 9.17) is 23.2 Å². The molecule has 0 amide bonds. The van der Waals surface area contributed by atoms with Crippen LogP contribution in [-0.2, 0) is 0 Å². The van der Waals surface area contributed by atoms with Crippen molar-refractivity contribution in [2.45, 2.75) is 26.3 Å². The third kappa shape index (κ3) is 3.05. The molecule has 1 aromatic rings. The highest BCUT2D eigenvalue weighted by molar-refractivity contribution is 6.35. The molecule has 4 heteroatoms. The van der Waals surface area contributed by atoms with Crippen LogP contribution in [0.2, 0.25) is 10.0 Å². The third-order valence-electron chi connectivity index (χ3n) is 1.80. The van der Waals surface area contributed by atoms with E-state index >= 15 is 0 Å². The first-order valence-electron chi connectivity index (χ1n) is 4.21. The predicted molar refractivity (Wildman–Crippen MR) is 57.6 cm³/mol. The monoisotopic (exact) mass is 218 g/mol. The molecule has 0 aromatic carbocycles. The lowest BCUT2D eigenvalue weighted by Gasteiger charge is -2.12. The smallest absolute Gasteiger partial charge is 0.145 e. The number of hydrogen-bond donors (Lipinski definition) is 1. The van der Waals surface area contributed by atoms with E-state index in [9.17, 15) is 0 Å². The van der Waals surface area contributed by atoms with Crippen molar-refractivity contribution in [1.82, 2.24) is 4.98 Å². The normalized spacial score (nSPS) is 12.6. The van der Waals surface area contributed by atoms with Crippen LogP contribution in [0.1, 0.15) is 20.3 Å². The zero-order valence-electron chi connectivity index (χ0n) is 7.64. The van der Waals surface area contributed by atoms with Crippen molar-refractivity contribution in [1.29, 1.82) is 0 Å². The zero-order valence-corrected chi connectivity index (χ0v) is 9.15. The van der Waals surface area contributed by atoms with Gasteiger partial charge in [-0.2, -0.15) is 0 Å². The molecular formula is C9H12Cl2N2. The van der Waals surface area contributed by atoms with Crippen molar-refractivity contribution in [3.63, 3.8) is 0 Å². The zero-order chi connectivity index (χ0) is 9.84. The molecule has 1 atom stereocenters. The van der Waals surface area contributed by atoms with Crippen LogP contribution in [-0.4, -0.2) is 11.0 Å². The van der Waals surface area contributed by atoms with Crippen LogP contribution in [0, 0.1) is 0 Å². The van der Waals surface area contributed by atoms with Gasteiger partial charge in [-0.1, -0.05) is 30.1 Å². The van der Waals surface area contributed by atoms with E-state index in [2.05, 4.69) is 24.1 Å². The minimum Gasteiger partial charge on any atom is -0.366 e. The van der Waals surface area contributed by atoms with E-state index < -0.39 is 0 Å². The quantitative estimate of drug-likeness (QED) is 0.839. The number of hydrogen-bond acceptors (Lipinski definition) is 2. The largest absolute Gasteiger partial charge is 0.366 e. The lowest BCUT2D eigenvalue weighted by molar-refractivity contribution is 0.759. The summed E-state index contributed by atoms with van der Waals surface area (Å²) in [6.45, 7) is 4.17. The molecule has 1 rings (SSSR count). The summed E-state index contributed by atoms with van der Waals surface area (Å²) in [4.78, 5) is 4.09. The molecule has 1 unspecified atom stereocenters. The Hall–Kier alpha value is -0.470. The van der Waals surface area contributed by atoms with Gasteiger partial charge in [0, 0.05) is 12.2 Å². The maximum absolute atomic E-state index is 5.92. The molecule has 0 aliphatic heterocycles. The number of aromatic nitrogens is 1. The van der Waals surface area contributed by atoms with Gasteiger partial charge < -0.3 is 5.32 Å². The molecule has 0 fully saturated rings. The number of nitrogens with zero attached hydrogens (tertiary/aromatic N) is 1. The Balaban J connectivity index is 2.77. The topological polar surface area (TPSA) is 24.9 Å². The first-order chi connectivity index (χ1) is 6.13. The highest BCUT2D eigenvalue weighted by atomic mass is 35.5. The predicted octanol–water partition coefficient (Wildman–Crippen LogP) is 3.60. The van der Waals surface area contributed by atoms with Crippen LogP contribution in [0.4, 0.5) is 5.82 Å². The van der Waals surface area contributed by atoms with Crippen LogP contribution >= 0.6 is 23.2 Å². The summed E-state index contributed by atoms with van der Waals surface area (Å²) in [5.41, 5.74) is 0. The Morgan fingerprint density at radius 1 is 1.54 bits per heavy atom. The van der Waals surface area contributed by atoms with Crippen LogP contribution in [0.15, 0.2) is 12.3 Å². The van der Waals surface area contributed by atoms with E-state index in [1.54, 1.807) is 12.3 Å². The molecule has 1 aromatic heterocycles. The van der Waals surface area contributed by atoms with Gasteiger partial charge in [0.05, 0.1) is 10.0 Å². The summed E-state index contributed by atoms with van der Waals surface area (Å²) in [7, 11) is 0. The standard InChI is InChI=1S/C9H12Cl2N2/c1-3-6(2)13-9-8(11)4-7(10)5-12-9/h4-6H,3H2,1-2H3,(H,12,13). The third-order valence-corrected chi connectivity index (χ3v) is 2.30. The molecule has 0 spiro atoms. The number of anilines is 1. The number of rotatable bonds is 3. The lowest BCUT2D eigenvalue weighted by Crippen LogP contribution is -2.14. The molecule has 72 valence electrons. The lowest BCUT2D eigenvalue weighted by atomic mass is 10.2. The van der Waals surface area contributed by atoms with Gasteiger partial charge >= 0.3 is 0 Å². The molecule has 0 radical (unpaired) electrons. The van der Waals surface area contributed by atoms with Gasteiger partial charge in [-0.25, -0.2) is 4.98 Å². The summed E-state index contributed by atoms with van der Waals surface area (Å²) in [6, 6.07) is 2.05. The van der Waals surface area contributed by atoms with Gasteiger partial charge in [-0.3, -0.25) is 0 Å². The first kappa shape index (κ1) is 10.6. The number of halogens is 2. The summed E-state index contributed by atoms with van der Waals surface area (Å²) in [6.07, 6.45) is 2.61. The van der Waals surface area contributed by atoms with E-state index in [0.29, 0.717) is 21.9 Å². The molecule has 0 saturated heterocycles. The fraction of sp³-hybridized carbons (Fsp3) is 0.444. The Bertz CT molecular complexity index is 289. The van der Waals surface area contributed by atoms with Gasteiger partial charge in [-0.05, 0) is 19.4 Å². The average molecular weight is 219 g/mol. The number of pyridine rings is 1. The van der Waals surface area contributed by atoms with Crippen molar-refractivity contribution in [2.75, 3.05) is 5.32 Å². The summed E-state index contributed by atoms with van der Waals surface area (Å²) >= 11 is 11.6. The van der Waals surface area contributed by atoms with Crippen LogP contribution in [0.5, 0.6) is 0 Å². The second-order valence-electron chi connectivity index (χ2n) is 2.94. The second kappa shape index (κ2) is 4.68. The fourth-order valence-electron chi connectivity index (χ4n) is 0.856. The molecule has 13 heavy (non-hydrogen) atoms. The van der Waals surface area contributed by atoms with E-state index in [-0.39, 0.29) is 0 Å². The van der Waals surface area contributed by atoms with Crippen molar-refractivity contribution < 1.29 is 0 Å². The average Bonchev–Trinajstić information content (AvgIpc) is 2.09. The van der Waals surface area contributed by atoms with Gasteiger partial charge in [0.2, 0.25) is 0 Å². The molecule has 0 bridgehead atoms. The summed E-state index contributed by atoms with van der Waals surface area (Å²) in [5.74, 6) is 0.695. The Morgan fingerprint density at radius 2 is 2.23 bits per heavy atom. The fourth-order valence-corrected chi connectivity index (χ4v) is 1.29. The molecule has 0 aliphatic rings. The molecule has 0 aliphatic carbocycles. The molecule has 0 saturated carbocycles. The maximum atomic E-state index is 5.92. The van der Waals surface area contributed by atoms with Crippen molar-refractivity contribution in [3.8, 4) is 0 Å². The minimum atomic E-state index is 0.367. The Kier molecular flexibility index (Phi) is 3.82. The highest BCUT2D eigenvalue weighted by Crippen LogP contribution is 2.23. The molecule has 1 N–H and O–H groups in total. The molecule has 1 heterocycles. The Morgan fingerprint density at radius 3 is 2.77 bits per heavy atom. The molecule has 2 nitrogen and oxygen atoms in total. The second-order valence-corrected chi connectivity index (χ2v) is 3.78. The van der Waals surface area contributed by atoms with Crippen LogP contribution in [0.25, 0.3) is 0 Å². The SMILES string of the molecule is CCC(C)Nc1ncc(Cl)cc1Cl. The Labute approximate surface area is 88.3 Å². The first-order valence-corrected chi connectivity index (χ1v) is 4.96. The summed E-state index contributed by atoms with van der Waals surface area (Å²) < 4.78 is 0. The van der Waals surface area contributed by atoms with E-state index in [1.807, 2.05) is 0 Å². The van der Waals surface area contributed by atoms with Gasteiger partial charge in [0.1, 0.15) is 5.82 Å². The maximum Gasteiger partial charge on any atom is 0.145 e. The number of nitrogens with one attached hydrogen (secondary N) is 1. The van der Waals surface area contributed by atoms with Gasteiger partial charge in [0.25, 0.3) is 0 Å². The highest BCUT2D eigenvalue weighted by Gasteiger charge is 2.04. The minimum absolute atomic E-state index is 0.367. The van der Waals surface area contributed by atoms with Crippen molar-refractivity contribution in [2.24, 2.45) is 0 Å². The van der Waals surface area contributed by atoms with E-state index in [1.165, 1.54) is 0 Å². The van der Waals surface area contributed by atoms with Crippen molar-refractivity contribution in [3.05, 3.63) is 22.3 Å². The molecular weight excluding hydrogens is 207 g/mol.